The minimum atomic E-state index is -0.156. The van der Waals surface area contributed by atoms with Crippen molar-refractivity contribution in [2.45, 2.75) is 32.5 Å². The lowest BCUT2D eigenvalue weighted by Gasteiger charge is -2.25. The Morgan fingerprint density at radius 2 is 2.19 bits per heavy atom. The van der Waals surface area contributed by atoms with Crippen molar-refractivity contribution in [3.05, 3.63) is 52.8 Å². The predicted octanol–water partition coefficient (Wildman–Crippen LogP) is 1.06. The molecule has 1 amide bonds. The summed E-state index contributed by atoms with van der Waals surface area (Å²) in [5.41, 5.74) is 4.68. The molecule has 3 rings (SSSR count). The Balaban J connectivity index is 1.61. The van der Waals surface area contributed by atoms with Crippen LogP contribution in [0, 0.1) is 6.92 Å². The molecule has 110 valence electrons. The van der Waals surface area contributed by atoms with Crippen molar-refractivity contribution in [3.63, 3.8) is 0 Å². The fourth-order valence-corrected chi connectivity index (χ4v) is 2.66. The van der Waals surface area contributed by atoms with E-state index in [-0.39, 0.29) is 11.9 Å². The number of aromatic nitrogens is 2. The van der Waals surface area contributed by atoms with Crippen LogP contribution in [0.3, 0.4) is 0 Å². The van der Waals surface area contributed by atoms with Gasteiger partial charge in [-0.25, -0.2) is 0 Å². The fourth-order valence-electron chi connectivity index (χ4n) is 2.66. The van der Waals surface area contributed by atoms with E-state index in [0.29, 0.717) is 6.54 Å². The van der Waals surface area contributed by atoms with Crippen LogP contribution in [0.2, 0.25) is 0 Å². The van der Waals surface area contributed by atoms with E-state index in [9.17, 15) is 4.79 Å². The molecule has 0 aliphatic carbocycles. The summed E-state index contributed by atoms with van der Waals surface area (Å²) in [4.78, 5) is 12.3. The summed E-state index contributed by atoms with van der Waals surface area (Å²) in [6.07, 6.45) is 2.55. The molecule has 1 aromatic carbocycles. The van der Waals surface area contributed by atoms with Gasteiger partial charge in [0.1, 0.15) is 0 Å². The van der Waals surface area contributed by atoms with Crippen molar-refractivity contribution in [2.75, 3.05) is 0 Å². The first-order chi connectivity index (χ1) is 10.1. The molecule has 5 heteroatoms. The third-order valence-corrected chi connectivity index (χ3v) is 4.19. The molecule has 0 fully saturated rings. The highest BCUT2D eigenvalue weighted by molar-refractivity contribution is 5.82. The van der Waals surface area contributed by atoms with E-state index >= 15 is 0 Å². The molecule has 0 unspecified atom stereocenters. The monoisotopic (exact) mass is 284 g/mol. The normalized spacial score (nSPS) is 17.3. The molecule has 1 aliphatic rings. The molecule has 0 spiro atoms. The maximum absolute atomic E-state index is 12.3. The van der Waals surface area contributed by atoms with E-state index in [1.807, 2.05) is 30.8 Å². The molecule has 0 bridgehead atoms. The molecule has 2 heterocycles. The van der Waals surface area contributed by atoms with Gasteiger partial charge < -0.3 is 10.6 Å². The van der Waals surface area contributed by atoms with Gasteiger partial charge in [-0.3, -0.25) is 9.48 Å². The molecular formula is C16H20N4O. The SMILES string of the molecule is Cc1c(CNC(=O)[C@@H]2Cc3ccccc3CN2)cnn1C. The lowest BCUT2D eigenvalue weighted by molar-refractivity contribution is -0.123. The Hall–Kier alpha value is -2.14. The summed E-state index contributed by atoms with van der Waals surface area (Å²) in [6, 6.07) is 8.11. The van der Waals surface area contributed by atoms with Gasteiger partial charge in [0, 0.05) is 31.4 Å². The van der Waals surface area contributed by atoms with Gasteiger partial charge in [0.2, 0.25) is 5.91 Å². The van der Waals surface area contributed by atoms with Crippen LogP contribution in [0.25, 0.3) is 0 Å². The summed E-state index contributed by atoms with van der Waals surface area (Å²) in [6.45, 7) is 3.28. The largest absolute Gasteiger partial charge is 0.351 e. The highest BCUT2D eigenvalue weighted by Crippen LogP contribution is 2.16. The smallest absolute Gasteiger partial charge is 0.237 e. The van der Waals surface area contributed by atoms with Gasteiger partial charge in [-0.1, -0.05) is 24.3 Å². The van der Waals surface area contributed by atoms with Gasteiger partial charge in [-0.2, -0.15) is 5.10 Å². The van der Waals surface area contributed by atoms with Crippen molar-refractivity contribution < 1.29 is 4.79 Å². The van der Waals surface area contributed by atoms with Crippen LogP contribution in [0.1, 0.15) is 22.4 Å². The summed E-state index contributed by atoms with van der Waals surface area (Å²) in [7, 11) is 1.90. The van der Waals surface area contributed by atoms with E-state index in [1.165, 1.54) is 11.1 Å². The molecule has 2 aromatic rings. The summed E-state index contributed by atoms with van der Waals surface area (Å²) < 4.78 is 1.82. The average molecular weight is 284 g/mol. The van der Waals surface area contributed by atoms with Crippen molar-refractivity contribution in [1.29, 1.82) is 0 Å². The van der Waals surface area contributed by atoms with Gasteiger partial charge in [0.15, 0.2) is 0 Å². The molecular weight excluding hydrogens is 264 g/mol. The van der Waals surface area contributed by atoms with Gasteiger partial charge in [-0.15, -0.1) is 0 Å². The van der Waals surface area contributed by atoms with Crippen LogP contribution in [0.15, 0.2) is 30.5 Å². The van der Waals surface area contributed by atoms with Gasteiger partial charge in [-0.05, 0) is 24.5 Å². The van der Waals surface area contributed by atoms with E-state index < -0.39 is 0 Å². The standard InChI is InChI=1S/C16H20N4O/c1-11-14(10-19-20(11)2)9-18-16(21)15-7-12-5-3-4-6-13(12)8-17-15/h3-6,10,15,17H,7-9H2,1-2H3,(H,18,21)/t15-/m0/s1. The third kappa shape index (κ3) is 2.83. The predicted molar refractivity (Wildman–Crippen MR) is 80.6 cm³/mol. The van der Waals surface area contributed by atoms with Crippen LogP contribution in [0.4, 0.5) is 0 Å². The number of carbonyl (C=O) groups excluding carboxylic acids is 1. The Morgan fingerprint density at radius 1 is 1.43 bits per heavy atom. The molecule has 21 heavy (non-hydrogen) atoms. The quantitative estimate of drug-likeness (QED) is 0.886. The van der Waals surface area contributed by atoms with Gasteiger partial charge >= 0.3 is 0 Å². The molecule has 5 nitrogen and oxygen atoms in total. The zero-order valence-electron chi connectivity index (χ0n) is 12.4. The summed E-state index contributed by atoms with van der Waals surface area (Å²) in [5.74, 6) is 0.0488. The van der Waals surface area contributed by atoms with Crippen LogP contribution in [-0.4, -0.2) is 21.7 Å². The van der Waals surface area contributed by atoms with Gasteiger partial charge in [0.05, 0.1) is 12.2 Å². The number of rotatable bonds is 3. The van der Waals surface area contributed by atoms with E-state index in [4.69, 9.17) is 0 Å². The lowest BCUT2D eigenvalue weighted by Crippen LogP contribution is -2.47. The Kier molecular flexibility index (Phi) is 3.75. The molecule has 1 aromatic heterocycles. The van der Waals surface area contributed by atoms with Gasteiger partial charge in [0.25, 0.3) is 0 Å². The number of aryl methyl sites for hydroxylation is 1. The number of benzene rings is 1. The summed E-state index contributed by atoms with van der Waals surface area (Å²) >= 11 is 0. The molecule has 1 atom stereocenters. The molecule has 2 N–H and O–H groups in total. The fraction of sp³-hybridized carbons (Fsp3) is 0.375. The number of hydrogen-bond acceptors (Lipinski definition) is 3. The van der Waals surface area contributed by atoms with E-state index in [1.54, 1.807) is 6.20 Å². The maximum Gasteiger partial charge on any atom is 0.237 e. The number of carbonyl (C=O) groups is 1. The minimum Gasteiger partial charge on any atom is -0.351 e. The van der Waals surface area contributed by atoms with Crippen molar-refractivity contribution in [2.24, 2.45) is 7.05 Å². The average Bonchev–Trinajstić information content (AvgIpc) is 2.84. The first-order valence-electron chi connectivity index (χ1n) is 7.20. The van der Waals surface area contributed by atoms with E-state index in [0.717, 1.165) is 24.2 Å². The Bertz CT molecular complexity index is 662. The van der Waals surface area contributed by atoms with Crippen LogP contribution in [-0.2, 0) is 31.4 Å². The molecule has 0 saturated heterocycles. The number of hydrogen-bond donors (Lipinski definition) is 2. The molecule has 0 saturated carbocycles. The van der Waals surface area contributed by atoms with Crippen molar-refractivity contribution in [1.82, 2.24) is 20.4 Å². The second-order valence-electron chi connectivity index (χ2n) is 5.50. The van der Waals surface area contributed by atoms with E-state index in [2.05, 4.69) is 27.9 Å². The second-order valence-corrected chi connectivity index (χ2v) is 5.50. The topological polar surface area (TPSA) is 59.0 Å². The van der Waals surface area contributed by atoms with Crippen molar-refractivity contribution in [3.8, 4) is 0 Å². The first kappa shape index (κ1) is 13.8. The zero-order chi connectivity index (χ0) is 14.8. The maximum atomic E-state index is 12.3. The molecule has 1 aliphatic heterocycles. The third-order valence-electron chi connectivity index (χ3n) is 4.19. The molecule has 0 radical (unpaired) electrons. The van der Waals surface area contributed by atoms with Crippen LogP contribution in [0.5, 0.6) is 0 Å². The second kappa shape index (κ2) is 5.69. The first-order valence-corrected chi connectivity index (χ1v) is 7.20. The van der Waals surface area contributed by atoms with Crippen LogP contribution >= 0.6 is 0 Å². The zero-order valence-corrected chi connectivity index (χ0v) is 12.4. The number of nitrogens with one attached hydrogen (secondary N) is 2. The summed E-state index contributed by atoms with van der Waals surface area (Å²) in [5, 5.41) is 10.5. The van der Waals surface area contributed by atoms with Crippen molar-refractivity contribution >= 4 is 5.91 Å². The highest BCUT2D eigenvalue weighted by Gasteiger charge is 2.23. The Morgan fingerprint density at radius 3 is 2.90 bits per heavy atom. The number of nitrogens with zero attached hydrogens (tertiary/aromatic N) is 2. The minimum absolute atomic E-state index is 0.0488. The lowest BCUT2D eigenvalue weighted by atomic mass is 9.95. The Labute approximate surface area is 124 Å². The van der Waals surface area contributed by atoms with Crippen LogP contribution < -0.4 is 10.6 Å². The number of fused-ring (bicyclic) bond motifs is 1. The highest BCUT2D eigenvalue weighted by atomic mass is 16.2. The number of amides is 1.